The lowest BCUT2D eigenvalue weighted by atomic mass is 10.0. The number of nitrogens with two attached hydrogens (primary N) is 1. The summed E-state index contributed by atoms with van der Waals surface area (Å²) in [6.07, 6.45) is -4.60. The zero-order chi connectivity index (χ0) is 11.8. The van der Waals surface area contributed by atoms with E-state index in [2.05, 4.69) is 0 Å². The predicted molar refractivity (Wildman–Crippen MR) is 47.4 cm³/mol. The van der Waals surface area contributed by atoms with E-state index in [1.807, 2.05) is 0 Å². The maximum atomic E-state index is 12.5. The van der Waals surface area contributed by atoms with Gasteiger partial charge >= 0.3 is 6.18 Å². The van der Waals surface area contributed by atoms with E-state index < -0.39 is 29.3 Å². The highest BCUT2D eigenvalue weighted by Gasteiger charge is 2.35. The van der Waals surface area contributed by atoms with Crippen LogP contribution in [0.2, 0.25) is 0 Å². The molecule has 0 bridgehead atoms. The maximum Gasteiger partial charge on any atom is 0.416 e. The zero-order valence-corrected chi connectivity index (χ0v) is 7.84. The van der Waals surface area contributed by atoms with Crippen LogP contribution in [0.3, 0.4) is 0 Å². The molecular formula is C9H10F3NO2. The van der Waals surface area contributed by atoms with Gasteiger partial charge in [0.1, 0.15) is 0 Å². The normalized spacial score (nSPS) is 13.9. The molecule has 0 aliphatic rings. The SMILES string of the molecule is CC(N)c1cc(O)c(O)cc1C(F)(F)F. The molecule has 0 amide bonds. The van der Waals surface area contributed by atoms with Crippen molar-refractivity contribution >= 4 is 0 Å². The number of rotatable bonds is 1. The summed E-state index contributed by atoms with van der Waals surface area (Å²) >= 11 is 0. The van der Waals surface area contributed by atoms with Crippen LogP contribution >= 0.6 is 0 Å². The van der Waals surface area contributed by atoms with Crippen molar-refractivity contribution in [3.63, 3.8) is 0 Å². The van der Waals surface area contributed by atoms with Crippen LogP contribution in [0.1, 0.15) is 24.1 Å². The number of phenolic OH excluding ortho intramolecular Hbond substituents is 2. The first-order valence-electron chi connectivity index (χ1n) is 4.12. The van der Waals surface area contributed by atoms with E-state index in [0.717, 1.165) is 6.07 Å². The summed E-state index contributed by atoms with van der Waals surface area (Å²) in [5, 5.41) is 18.0. The van der Waals surface area contributed by atoms with Crippen LogP contribution in [0.15, 0.2) is 12.1 Å². The third-order valence-electron chi connectivity index (χ3n) is 1.94. The second kappa shape index (κ2) is 3.62. The summed E-state index contributed by atoms with van der Waals surface area (Å²) in [4.78, 5) is 0. The highest BCUT2D eigenvalue weighted by molar-refractivity contribution is 5.47. The minimum absolute atomic E-state index is 0.252. The summed E-state index contributed by atoms with van der Waals surface area (Å²) in [6, 6.07) is 0.407. The average molecular weight is 221 g/mol. The van der Waals surface area contributed by atoms with Gasteiger partial charge in [-0.2, -0.15) is 13.2 Å². The molecule has 1 atom stereocenters. The van der Waals surface area contributed by atoms with Crippen LogP contribution in [0.5, 0.6) is 11.5 Å². The van der Waals surface area contributed by atoms with Gasteiger partial charge in [-0.1, -0.05) is 0 Å². The largest absolute Gasteiger partial charge is 0.504 e. The molecule has 6 heteroatoms. The van der Waals surface area contributed by atoms with Gasteiger partial charge in [0, 0.05) is 6.04 Å². The molecule has 0 aliphatic carbocycles. The topological polar surface area (TPSA) is 66.5 Å². The molecule has 0 radical (unpaired) electrons. The van der Waals surface area contributed by atoms with Crippen molar-refractivity contribution in [3.05, 3.63) is 23.3 Å². The van der Waals surface area contributed by atoms with Crippen molar-refractivity contribution in [2.45, 2.75) is 19.1 Å². The van der Waals surface area contributed by atoms with Gasteiger partial charge in [0.05, 0.1) is 5.56 Å². The molecule has 1 rings (SSSR count). The molecule has 1 aromatic carbocycles. The summed E-state index contributed by atoms with van der Waals surface area (Å²) in [6.45, 7) is 1.36. The maximum absolute atomic E-state index is 12.5. The van der Waals surface area contributed by atoms with E-state index in [1.165, 1.54) is 6.92 Å². The molecule has 4 N–H and O–H groups in total. The first-order valence-corrected chi connectivity index (χ1v) is 4.12. The van der Waals surface area contributed by atoms with Crippen molar-refractivity contribution in [2.24, 2.45) is 5.73 Å². The Morgan fingerprint density at radius 1 is 1.20 bits per heavy atom. The molecule has 1 unspecified atom stereocenters. The second-order valence-electron chi connectivity index (χ2n) is 3.21. The van der Waals surface area contributed by atoms with Crippen molar-refractivity contribution < 1.29 is 23.4 Å². The van der Waals surface area contributed by atoms with Gasteiger partial charge in [0.2, 0.25) is 0 Å². The fourth-order valence-corrected chi connectivity index (χ4v) is 1.22. The third kappa shape index (κ3) is 2.33. The standard InChI is InChI=1S/C9H10F3NO2/c1-4(13)5-2-7(14)8(15)3-6(5)9(10,11)12/h2-4,14-15H,13H2,1H3. The van der Waals surface area contributed by atoms with Gasteiger partial charge in [0.15, 0.2) is 11.5 Å². The Hall–Kier alpha value is -1.43. The zero-order valence-electron chi connectivity index (χ0n) is 7.84. The summed E-state index contributed by atoms with van der Waals surface area (Å²) in [7, 11) is 0. The molecule has 15 heavy (non-hydrogen) atoms. The lowest BCUT2D eigenvalue weighted by molar-refractivity contribution is -0.138. The van der Waals surface area contributed by atoms with E-state index in [9.17, 15) is 13.2 Å². The Morgan fingerprint density at radius 3 is 2.07 bits per heavy atom. The smallest absolute Gasteiger partial charge is 0.416 e. The van der Waals surface area contributed by atoms with E-state index in [1.54, 1.807) is 0 Å². The third-order valence-corrected chi connectivity index (χ3v) is 1.94. The summed E-state index contributed by atoms with van der Waals surface area (Å²) in [5.41, 5.74) is 4.05. The lowest BCUT2D eigenvalue weighted by Crippen LogP contribution is -2.15. The molecule has 0 fully saturated rings. The number of hydrogen-bond acceptors (Lipinski definition) is 3. The molecule has 1 aromatic rings. The first kappa shape index (κ1) is 11.6. The monoisotopic (exact) mass is 221 g/mol. The molecule has 84 valence electrons. The fraction of sp³-hybridized carbons (Fsp3) is 0.333. The van der Waals surface area contributed by atoms with Crippen LogP contribution in [0, 0.1) is 0 Å². The fourth-order valence-electron chi connectivity index (χ4n) is 1.22. The van der Waals surface area contributed by atoms with Crippen molar-refractivity contribution in [2.75, 3.05) is 0 Å². The average Bonchev–Trinajstić information content (AvgIpc) is 2.06. The number of halogens is 3. The number of aromatic hydroxyl groups is 2. The Labute approximate surface area is 84.0 Å². The molecular weight excluding hydrogens is 211 g/mol. The number of phenols is 2. The Balaban J connectivity index is 3.42. The molecule has 0 saturated carbocycles. The quantitative estimate of drug-likeness (QED) is 0.636. The lowest BCUT2D eigenvalue weighted by Gasteiger charge is -2.16. The van der Waals surface area contributed by atoms with Gasteiger partial charge in [-0.05, 0) is 24.6 Å². The first-order chi connectivity index (χ1) is 6.73. The minimum Gasteiger partial charge on any atom is -0.504 e. The predicted octanol–water partition coefficient (Wildman–Crippen LogP) is 2.14. The van der Waals surface area contributed by atoms with Crippen molar-refractivity contribution in [1.82, 2.24) is 0 Å². The Morgan fingerprint density at radius 2 is 1.67 bits per heavy atom. The van der Waals surface area contributed by atoms with Crippen LogP contribution in [-0.4, -0.2) is 10.2 Å². The minimum atomic E-state index is -4.60. The van der Waals surface area contributed by atoms with E-state index in [0.29, 0.717) is 6.07 Å². The molecule has 0 saturated heterocycles. The number of alkyl halides is 3. The Kier molecular flexibility index (Phi) is 2.81. The van der Waals surface area contributed by atoms with Gasteiger partial charge in [-0.15, -0.1) is 0 Å². The van der Waals surface area contributed by atoms with Crippen LogP contribution in [-0.2, 0) is 6.18 Å². The number of benzene rings is 1. The Bertz CT molecular complexity index is 374. The van der Waals surface area contributed by atoms with Crippen LogP contribution < -0.4 is 5.73 Å². The second-order valence-corrected chi connectivity index (χ2v) is 3.21. The number of hydrogen-bond donors (Lipinski definition) is 3. The van der Waals surface area contributed by atoms with E-state index in [4.69, 9.17) is 15.9 Å². The highest BCUT2D eigenvalue weighted by Crippen LogP contribution is 2.39. The highest BCUT2D eigenvalue weighted by atomic mass is 19.4. The van der Waals surface area contributed by atoms with Gasteiger partial charge in [-0.3, -0.25) is 0 Å². The molecule has 3 nitrogen and oxygen atoms in total. The van der Waals surface area contributed by atoms with Gasteiger partial charge in [0.25, 0.3) is 0 Å². The van der Waals surface area contributed by atoms with Crippen molar-refractivity contribution in [3.8, 4) is 11.5 Å². The summed E-state index contributed by atoms with van der Waals surface area (Å²) in [5.74, 6) is -1.43. The molecule has 0 aliphatic heterocycles. The van der Waals surface area contributed by atoms with Crippen LogP contribution in [0.4, 0.5) is 13.2 Å². The van der Waals surface area contributed by atoms with Gasteiger partial charge in [-0.25, -0.2) is 0 Å². The summed E-state index contributed by atoms with van der Waals surface area (Å²) < 4.78 is 37.4. The van der Waals surface area contributed by atoms with Crippen LogP contribution in [0.25, 0.3) is 0 Å². The van der Waals surface area contributed by atoms with Gasteiger partial charge < -0.3 is 15.9 Å². The molecule has 0 heterocycles. The molecule has 0 spiro atoms. The van der Waals surface area contributed by atoms with Crippen molar-refractivity contribution in [1.29, 1.82) is 0 Å². The van der Waals surface area contributed by atoms with E-state index >= 15 is 0 Å². The van der Waals surface area contributed by atoms with E-state index in [-0.39, 0.29) is 5.56 Å². The molecule has 0 aromatic heterocycles.